The fourth-order valence-corrected chi connectivity index (χ4v) is 1.50. The molecule has 0 aromatic heterocycles. The molecule has 1 aromatic rings. The van der Waals surface area contributed by atoms with Gasteiger partial charge in [0.05, 0.1) is 6.42 Å². The molecule has 0 aliphatic carbocycles. The van der Waals surface area contributed by atoms with Crippen LogP contribution in [0.4, 0.5) is 8.78 Å². The van der Waals surface area contributed by atoms with Crippen molar-refractivity contribution in [3.05, 3.63) is 29.6 Å². The van der Waals surface area contributed by atoms with Gasteiger partial charge in [0, 0.05) is 19.2 Å². The number of alkyl halides is 1. The quantitative estimate of drug-likeness (QED) is 0.783. The van der Waals surface area contributed by atoms with Crippen LogP contribution in [0, 0.1) is 5.82 Å². The Kier molecular flexibility index (Phi) is 6.21. The highest BCUT2D eigenvalue weighted by Crippen LogP contribution is 2.17. The van der Waals surface area contributed by atoms with Crippen LogP contribution in [0.3, 0.4) is 0 Å². The van der Waals surface area contributed by atoms with Crippen molar-refractivity contribution >= 4 is 5.97 Å². The molecule has 0 amide bonds. The normalized spacial score (nSPS) is 10.7. The second kappa shape index (κ2) is 7.68. The number of aliphatic carboxylic acids is 1. The SMILES string of the molecule is CN(CCF)CCOc1ccc(CC(=O)O)c(F)c1. The maximum Gasteiger partial charge on any atom is 0.307 e. The summed E-state index contributed by atoms with van der Waals surface area (Å²) in [6, 6.07) is 4.08. The maximum atomic E-state index is 13.5. The molecule has 0 aliphatic rings. The van der Waals surface area contributed by atoms with Crippen molar-refractivity contribution in [2.45, 2.75) is 6.42 Å². The number of halogens is 2. The van der Waals surface area contributed by atoms with Crippen molar-refractivity contribution in [3.63, 3.8) is 0 Å². The van der Waals surface area contributed by atoms with Crippen LogP contribution in [0.15, 0.2) is 18.2 Å². The summed E-state index contributed by atoms with van der Waals surface area (Å²) in [5, 5.41) is 8.58. The van der Waals surface area contributed by atoms with Gasteiger partial charge >= 0.3 is 5.97 Å². The monoisotopic (exact) mass is 273 g/mol. The molecule has 0 heterocycles. The van der Waals surface area contributed by atoms with Crippen molar-refractivity contribution in [2.75, 3.05) is 33.4 Å². The molecule has 0 saturated heterocycles. The summed E-state index contributed by atoms with van der Waals surface area (Å²) in [4.78, 5) is 12.2. The zero-order chi connectivity index (χ0) is 14.3. The highest BCUT2D eigenvalue weighted by molar-refractivity contribution is 5.70. The molecule has 0 unspecified atom stereocenters. The van der Waals surface area contributed by atoms with Gasteiger partial charge < -0.3 is 14.7 Å². The topological polar surface area (TPSA) is 49.8 Å². The van der Waals surface area contributed by atoms with E-state index >= 15 is 0 Å². The summed E-state index contributed by atoms with van der Waals surface area (Å²) in [6.07, 6.45) is -0.356. The Morgan fingerprint density at radius 1 is 1.42 bits per heavy atom. The van der Waals surface area contributed by atoms with E-state index < -0.39 is 18.5 Å². The Morgan fingerprint density at radius 3 is 2.74 bits per heavy atom. The maximum absolute atomic E-state index is 13.5. The number of carbonyl (C=O) groups is 1. The fraction of sp³-hybridized carbons (Fsp3) is 0.462. The standard InChI is InChI=1S/C13H17F2NO3/c1-16(5-4-14)6-7-19-11-3-2-10(8-13(17)18)12(15)9-11/h2-3,9H,4-8H2,1H3,(H,17,18). The van der Waals surface area contributed by atoms with Gasteiger partial charge in [-0.1, -0.05) is 6.07 Å². The van der Waals surface area contributed by atoms with E-state index in [0.717, 1.165) is 6.07 Å². The van der Waals surface area contributed by atoms with E-state index in [-0.39, 0.29) is 12.0 Å². The number of carboxylic acid groups (broad SMARTS) is 1. The predicted molar refractivity (Wildman–Crippen MR) is 66.7 cm³/mol. The first-order valence-corrected chi connectivity index (χ1v) is 5.90. The van der Waals surface area contributed by atoms with Crippen LogP contribution in [-0.2, 0) is 11.2 Å². The molecule has 0 saturated carbocycles. The van der Waals surface area contributed by atoms with Crippen LogP contribution in [0.5, 0.6) is 5.75 Å². The van der Waals surface area contributed by atoms with Gasteiger partial charge in [-0.2, -0.15) is 0 Å². The van der Waals surface area contributed by atoms with E-state index in [9.17, 15) is 13.6 Å². The van der Waals surface area contributed by atoms with Gasteiger partial charge in [0.15, 0.2) is 0 Å². The number of likely N-dealkylation sites (N-methyl/N-ethyl adjacent to an activating group) is 1. The van der Waals surface area contributed by atoms with E-state index in [2.05, 4.69) is 0 Å². The second-order valence-electron chi connectivity index (χ2n) is 4.16. The van der Waals surface area contributed by atoms with Crippen molar-refractivity contribution in [1.29, 1.82) is 0 Å². The van der Waals surface area contributed by atoms with Gasteiger partial charge in [-0.25, -0.2) is 8.78 Å². The number of rotatable bonds is 8. The van der Waals surface area contributed by atoms with Crippen LogP contribution in [-0.4, -0.2) is 49.4 Å². The van der Waals surface area contributed by atoms with Crippen molar-refractivity contribution in [2.24, 2.45) is 0 Å². The first-order chi connectivity index (χ1) is 9.02. The third-order valence-electron chi connectivity index (χ3n) is 2.57. The molecule has 1 aromatic carbocycles. The Balaban J connectivity index is 2.47. The van der Waals surface area contributed by atoms with Crippen LogP contribution in [0.2, 0.25) is 0 Å². The molecule has 1 N–H and O–H groups in total. The molecule has 0 bridgehead atoms. The van der Waals surface area contributed by atoms with E-state index in [1.807, 2.05) is 0 Å². The Bertz CT molecular complexity index is 426. The zero-order valence-electron chi connectivity index (χ0n) is 10.7. The minimum atomic E-state index is -1.08. The average molecular weight is 273 g/mol. The molecule has 0 fully saturated rings. The van der Waals surface area contributed by atoms with Crippen LogP contribution >= 0.6 is 0 Å². The third-order valence-corrected chi connectivity index (χ3v) is 2.57. The second-order valence-corrected chi connectivity index (χ2v) is 4.16. The average Bonchev–Trinajstić information content (AvgIpc) is 2.32. The molecule has 1 rings (SSSR count). The van der Waals surface area contributed by atoms with Gasteiger partial charge in [-0.15, -0.1) is 0 Å². The Morgan fingerprint density at radius 2 is 2.16 bits per heavy atom. The molecule has 4 nitrogen and oxygen atoms in total. The zero-order valence-corrected chi connectivity index (χ0v) is 10.7. The van der Waals surface area contributed by atoms with Crippen LogP contribution in [0.1, 0.15) is 5.56 Å². The predicted octanol–water partition coefficient (Wildman–Crippen LogP) is 1.73. The van der Waals surface area contributed by atoms with Crippen molar-refractivity contribution in [1.82, 2.24) is 4.90 Å². The van der Waals surface area contributed by atoms with Crippen LogP contribution in [0.25, 0.3) is 0 Å². The summed E-state index contributed by atoms with van der Waals surface area (Å²) >= 11 is 0. The highest BCUT2D eigenvalue weighted by Gasteiger charge is 2.08. The Hall–Kier alpha value is -1.69. The largest absolute Gasteiger partial charge is 0.492 e. The lowest BCUT2D eigenvalue weighted by Gasteiger charge is -2.15. The van der Waals surface area contributed by atoms with E-state index in [0.29, 0.717) is 25.4 Å². The molecule has 6 heteroatoms. The molecular formula is C13H17F2NO3. The lowest BCUT2D eigenvalue weighted by molar-refractivity contribution is -0.136. The molecule has 0 spiro atoms. The first kappa shape index (κ1) is 15.4. The molecule has 19 heavy (non-hydrogen) atoms. The molecule has 0 aliphatic heterocycles. The van der Waals surface area contributed by atoms with Gasteiger partial charge in [-0.05, 0) is 18.7 Å². The number of benzene rings is 1. The summed E-state index contributed by atoms with van der Waals surface area (Å²) < 4.78 is 30.8. The summed E-state index contributed by atoms with van der Waals surface area (Å²) in [5.74, 6) is -1.35. The van der Waals surface area contributed by atoms with E-state index in [1.54, 1.807) is 11.9 Å². The molecule has 0 atom stereocenters. The minimum Gasteiger partial charge on any atom is -0.492 e. The van der Waals surface area contributed by atoms with Crippen molar-refractivity contribution in [3.8, 4) is 5.75 Å². The van der Waals surface area contributed by atoms with Gasteiger partial charge in [0.2, 0.25) is 0 Å². The Labute approximate surface area is 110 Å². The summed E-state index contributed by atoms with van der Waals surface area (Å²) in [6.45, 7) is 0.751. The van der Waals surface area contributed by atoms with Gasteiger partial charge in [-0.3, -0.25) is 4.79 Å². The number of hydrogen-bond acceptors (Lipinski definition) is 3. The lowest BCUT2D eigenvalue weighted by Crippen LogP contribution is -2.26. The van der Waals surface area contributed by atoms with E-state index in [4.69, 9.17) is 9.84 Å². The van der Waals surface area contributed by atoms with Crippen molar-refractivity contribution < 1.29 is 23.4 Å². The summed E-state index contributed by atoms with van der Waals surface area (Å²) in [5.41, 5.74) is 0.120. The first-order valence-electron chi connectivity index (χ1n) is 5.90. The number of ether oxygens (including phenoxy) is 1. The molecule has 0 radical (unpaired) electrons. The fourth-order valence-electron chi connectivity index (χ4n) is 1.50. The lowest BCUT2D eigenvalue weighted by atomic mass is 10.1. The van der Waals surface area contributed by atoms with E-state index in [1.165, 1.54) is 12.1 Å². The third kappa shape index (κ3) is 5.65. The highest BCUT2D eigenvalue weighted by atomic mass is 19.1. The van der Waals surface area contributed by atoms with Gasteiger partial charge in [0.25, 0.3) is 0 Å². The number of hydrogen-bond donors (Lipinski definition) is 1. The molecular weight excluding hydrogens is 256 g/mol. The van der Waals surface area contributed by atoms with Gasteiger partial charge in [0.1, 0.15) is 24.8 Å². The molecule has 106 valence electrons. The number of carboxylic acids is 1. The minimum absolute atomic E-state index is 0.120. The van der Waals surface area contributed by atoms with Crippen LogP contribution < -0.4 is 4.74 Å². The smallest absolute Gasteiger partial charge is 0.307 e. The number of nitrogens with zero attached hydrogens (tertiary/aromatic N) is 1. The summed E-state index contributed by atoms with van der Waals surface area (Å²) in [7, 11) is 1.76.